The van der Waals surface area contributed by atoms with Crippen molar-refractivity contribution in [2.24, 2.45) is 0 Å². The Morgan fingerprint density at radius 2 is 1.87 bits per heavy atom. The van der Waals surface area contributed by atoms with Crippen LogP contribution in [0.4, 0.5) is 18.9 Å². The molecule has 3 heterocycles. The zero-order valence-electron chi connectivity index (χ0n) is 16.3. The Labute approximate surface area is 171 Å². The fourth-order valence-electron chi connectivity index (χ4n) is 3.69. The number of alkyl halides is 3. The highest BCUT2D eigenvalue weighted by atomic mass is 19.4. The zero-order chi connectivity index (χ0) is 21.3. The van der Waals surface area contributed by atoms with E-state index in [0.717, 1.165) is 12.1 Å². The van der Waals surface area contributed by atoms with Gasteiger partial charge in [0, 0.05) is 50.0 Å². The molecule has 0 bridgehead atoms. The summed E-state index contributed by atoms with van der Waals surface area (Å²) in [6.07, 6.45) is 2.20. The van der Waals surface area contributed by atoms with Crippen LogP contribution in [0.15, 0.2) is 61.3 Å². The van der Waals surface area contributed by atoms with Gasteiger partial charge < -0.3 is 9.80 Å². The largest absolute Gasteiger partial charge is 0.416 e. The Hall–Kier alpha value is -3.36. The maximum atomic E-state index is 13.2. The monoisotopic (exact) mass is 415 g/mol. The minimum atomic E-state index is -4.36. The van der Waals surface area contributed by atoms with Gasteiger partial charge in [-0.05, 0) is 43.3 Å². The second kappa shape index (κ2) is 7.81. The molecule has 4 rings (SSSR count). The summed E-state index contributed by atoms with van der Waals surface area (Å²) in [6, 6.07) is 8.55. The third kappa shape index (κ3) is 3.87. The minimum absolute atomic E-state index is 0.0483. The van der Waals surface area contributed by atoms with Crippen molar-refractivity contribution in [3.63, 3.8) is 0 Å². The molecule has 0 spiro atoms. The summed E-state index contributed by atoms with van der Waals surface area (Å²) in [6.45, 7) is 3.40. The number of pyridine rings is 1. The number of carbonyl (C=O) groups excluding carboxylic acids is 1. The molecule has 6 nitrogen and oxygen atoms in total. The van der Waals surface area contributed by atoms with Crippen molar-refractivity contribution in [2.75, 3.05) is 24.5 Å². The lowest BCUT2D eigenvalue weighted by Gasteiger charge is -2.41. The molecule has 156 valence electrons. The molecule has 1 aliphatic rings. The highest BCUT2D eigenvalue weighted by Crippen LogP contribution is 2.31. The SMILES string of the molecule is CC1CN(C(=O)c2cccnc2-n2ccnc2)CCN1c1ccc(C(F)(F)F)cc1. The Morgan fingerprint density at radius 3 is 2.50 bits per heavy atom. The van der Waals surface area contributed by atoms with Crippen molar-refractivity contribution in [1.29, 1.82) is 0 Å². The standard InChI is InChI=1S/C21H20F3N5O/c1-15-13-27(11-12-29(15)17-6-4-16(5-7-17)21(22,23)24)20(30)18-3-2-8-26-19(18)28-10-9-25-14-28/h2-10,14-15H,11-13H2,1H3. The van der Waals surface area contributed by atoms with E-state index in [1.165, 1.54) is 12.1 Å². The molecule has 3 aromatic rings. The van der Waals surface area contributed by atoms with Crippen LogP contribution in [-0.4, -0.2) is 51.0 Å². The molecule has 1 aliphatic heterocycles. The van der Waals surface area contributed by atoms with Crippen molar-refractivity contribution >= 4 is 11.6 Å². The van der Waals surface area contributed by atoms with E-state index in [1.54, 1.807) is 46.5 Å². The zero-order valence-corrected chi connectivity index (χ0v) is 16.3. The van der Waals surface area contributed by atoms with Gasteiger partial charge in [-0.25, -0.2) is 9.97 Å². The molecular weight excluding hydrogens is 395 g/mol. The summed E-state index contributed by atoms with van der Waals surface area (Å²) >= 11 is 0. The number of anilines is 1. The molecule has 2 aromatic heterocycles. The van der Waals surface area contributed by atoms with E-state index in [0.29, 0.717) is 36.7 Å². The Kier molecular flexibility index (Phi) is 5.19. The van der Waals surface area contributed by atoms with Crippen molar-refractivity contribution in [1.82, 2.24) is 19.4 Å². The normalized spacial score (nSPS) is 17.3. The maximum Gasteiger partial charge on any atom is 0.416 e. The molecule has 1 atom stereocenters. The highest BCUT2D eigenvalue weighted by molar-refractivity contribution is 5.97. The second-order valence-corrected chi connectivity index (χ2v) is 7.18. The lowest BCUT2D eigenvalue weighted by Crippen LogP contribution is -2.54. The van der Waals surface area contributed by atoms with E-state index in [2.05, 4.69) is 9.97 Å². The highest BCUT2D eigenvalue weighted by Gasteiger charge is 2.32. The molecule has 1 saturated heterocycles. The Morgan fingerprint density at radius 1 is 1.10 bits per heavy atom. The topological polar surface area (TPSA) is 54.3 Å². The fraction of sp³-hybridized carbons (Fsp3) is 0.286. The van der Waals surface area contributed by atoms with Crippen molar-refractivity contribution in [3.8, 4) is 5.82 Å². The van der Waals surface area contributed by atoms with Gasteiger partial charge in [0.05, 0.1) is 11.1 Å². The molecule has 0 saturated carbocycles. The number of nitrogens with zero attached hydrogens (tertiary/aromatic N) is 5. The lowest BCUT2D eigenvalue weighted by atomic mass is 10.1. The first kappa shape index (κ1) is 19.9. The Bertz CT molecular complexity index is 1020. The lowest BCUT2D eigenvalue weighted by molar-refractivity contribution is -0.137. The molecule has 9 heteroatoms. The third-order valence-electron chi connectivity index (χ3n) is 5.21. The molecule has 0 radical (unpaired) electrons. The number of imidazole rings is 1. The van der Waals surface area contributed by atoms with E-state index in [4.69, 9.17) is 0 Å². The fourth-order valence-corrected chi connectivity index (χ4v) is 3.69. The average Bonchev–Trinajstić information content (AvgIpc) is 3.27. The van der Waals surface area contributed by atoms with Crippen LogP contribution in [-0.2, 0) is 6.18 Å². The number of amides is 1. The van der Waals surface area contributed by atoms with Crippen LogP contribution in [0.2, 0.25) is 0 Å². The number of hydrogen-bond acceptors (Lipinski definition) is 4. The summed E-state index contributed by atoms with van der Waals surface area (Å²) in [4.78, 5) is 25.3. The molecule has 0 N–H and O–H groups in total. The number of hydrogen-bond donors (Lipinski definition) is 0. The number of aromatic nitrogens is 3. The summed E-state index contributed by atoms with van der Waals surface area (Å²) < 4.78 is 40.1. The van der Waals surface area contributed by atoms with Crippen molar-refractivity contribution < 1.29 is 18.0 Å². The molecule has 1 unspecified atom stereocenters. The summed E-state index contributed by atoms with van der Waals surface area (Å²) in [5, 5.41) is 0. The van der Waals surface area contributed by atoms with E-state index in [9.17, 15) is 18.0 Å². The van der Waals surface area contributed by atoms with Gasteiger partial charge in [-0.15, -0.1) is 0 Å². The van der Waals surface area contributed by atoms with Crippen LogP contribution >= 0.6 is 0 Å². The first-order valence-corrected chi connectivity index (χ1v) is 9.51. The van der Waals surface area contributed by atoms with Crippen molar-refractivity contribution in [3.05, 3.63) is 72.4 Å². The third-order valence-corrected chi connectivity index (χ3v) is 5.21. The van der Waals surface area contributed by atoms with E-state index in [1.807, 2.05) is 11.8 Å². The van der Waals surface area contributed by atoms with Gasteiger partial charge in [-0.1, -0.05) is 0 Å². The molecule has 1 aromatic carbocycles. The molecule has 1 amide bonds. The minimum Gasteiger partial charge on any atom is -0.365 e. The van der Waals surface area contributed by atoms with Crippen molar-refractivity contribution in [2.45, 2.75) is 19.1 Å². The molecule has 1 fully saturated rings. The number of piperazine rings is 1. The van der Waals surface area contributed by atoms with Crippen LogP contribution < -0.4 is 4.90 Å². The van der Waals surface area contributed by atoms with Gasteiger partial charge in [0.15, 0.2) is 5.82 Å². The summed E-state index contributed by atoms with van der Waals surface area (Å²) in [7, 11) is 0. The number of carbonyl (C=O) groups is 1. The predicted molar refractivity (Wildman–Crippen MR) is 106 cm³/mol. The quantitative estimate of drug-likeness (QED) is 0.656. The van der Waals surface area contributed by atoms with Crippen LogP contribution in [0.1, 0.15) is 22.8 Å². The van der Waals surface area contributed by atoms with Gasteiger partial charge in [0.1, 0.15) is 6.33 Å². The van der Waals surface area contributed by atoms with Gasteiger partial charge >= 0.3 is 6.18 Å². The maximum absolute atomic E-state index is 13.2. The predicted octanol–water partition coefficient (Wildman–Crippen LogP) is 3.64. The second-order valence-electron chi connectivity index (χ2n) is 7.18. The van der Waals surface area contributed by atoms with Crippen LogP contribution in [0.3, 0.4) is 0 Å². The molecule has 0 aliphatic carbocycles. The smallest absolute Gasteiger partial charge is 0.365 e. The van der Waals surface area contributed by atoms with E-state index < -0.39 is 11.7 Å². The summed E-state index contributed by atoms with van der Waals surface area (Å²) in [5.41, 5.74) is 0.519. The average molecular weight is 415 g/mol. The van der Waals surface area contributed by atoms with Gasteiger partial charge in [-0.3, -0.25) is 9.36 Å². The van der Waals surface area contributed by atoms with Crippen LogP contribution in [0, 0.1) is 0 Å². The number of rotatable bonds is 3. The van der Waals surface area contributed by atoms with Gasteiger partial charge in [0.25, 0.3) is 5.91 Å². The number of benzene rings is 1. The first-order chi connectivity index (χ1) is 14.3. The van der Waals surface area contributed by atoms with E-state index in [-0.39, 0.29) is 11.9 Å². The number of halogens is 3. The van der Waals surface area contributed by atoms with E-state index >= 15 is 0 Å². The first-order valence-electron chi connectivity index (χ1n) is 9.51. The molecule has 30 heavy (non-hydrogen) atoms. The summed E-state index contributed by atoms with van der Waals surface area (Å²) in [5.74, 6) is 0.378. The van der Waals surface area contributed by atoms with Crippen LogP contribution in [0.25, 0.3) is 5.82 Å². The van der Waals surface area contributed by atoms with Crippen LogP contribution in [0.5, 0.6) is 0 Å². The Balaban J connectivity index is 1.49. The van der Waals surface area contributed by atoms with Gasteiger partial charge in [-0.2, -0.15) is 13.2 Å². The van der Waals surface area contributed by atoms with Gasteiger partial charge in [0.2, 0.25) is 0 Å². The molecular formula is C21H20F3N5O.